The van der Waals surface area contributed by atoms with Gasteiger partial charge in [0, 0.05) is 17.1 Å². The number of nitrogens with zero attached hydrogens (tertiary/aromatic N) is 1. The first-order valence-electron chi connectivity index (χ1n) is 32.2. The zero-order valence-corrected chi connectivity index (χ0v) is 25.4. The summed E-state index contributed by atoms with van der Waals surface area (Å²) in [6, 6.07) is -38.9. The summed E-state index contributed by atoms with van der Waals surface area (Å²) in [6.07, 6.45) is 0. The molecule has 0 aliphatic carbocycles. The Morgan fingerprint density at radius 3 is 1.37 bits per heavy atom. The fourth-order valence-corrected chi connectivity index (χ4v) is 5.09. The van der Waals surface area contributed by atoms with Crippen LogP contribution in [0.4, 0.5) is 17.1 Å². The van der Waals surface area contributed by atoms with Gasteiger partial charge in [-0.1, -0.05) is 163 Å². The SMILES string of the molecule is [2H]c1c([2H])c([2H])c(-c2c([2H])c([2H])c(-c3c([2H])c([2H])c(N(c4c([2H])c([2H])c([2H])c([2H])c4[2H])c4c([2H])c([2H])c(-c5c([2H])c6c([2H])c([2H])c([2H])c([2H])c6c6c([2H])c([2H])c([2H])c([2H])c56)c([2H])c4[2H])c([2H])c3[2H])c([2H])c2-c2c([2H])c([2H])c([2H])c([2H])c2[2H])c([2H])c1[2H]. The molecule has 0 bridgehead atoms. The first-order valence-corrected chi connectivity index (χ1v) is 14.7. The molecule has 0 heterocycles. The van der Waals surface area contributed by atoms with Crippen molar-refractivity contribution >= 4 is 38.6 Å². The maximum absolute atomic E-state index is 9.70. The molecule has 0 atom stereocenters. The Labute approximate surface area is 348 Å². The van der Waals surface area contributed by atoms with Gasteiger partial charge in [-0.3, -0.25) is 0 Å². The van der Waals surface area contributed by atoms with E-state index in [2.05, 4.69) is 0 Å². The van der Waals surface area contributed by atoms with Gasteiger partial charge in [0.15, 0.2) is 0 Å². The molecule has 9 rings (SSSR count). The largest absolute Gasteiger partial charge is 0.311 e. The van der Waals surface area contributed by atoms with Crippen molar-refractivity contribution in [3.05, 3.63) is 211 Å². The highest BCUT2D eigenvalue weighted by molar-refractivity contribution is 6.13. The summed E-state index contributed by atoms with van der Waals surface area (Å²) >= 11 is 0. The molecular formula is C50H35N. The molecule has 9 aromatic rings. The van der Waals surface area contributed by atoms with E-state index in [9.17, 15) is 16.4 Å². The Balaban J connectivity index is 1.45. The minimum atomic E-state index is -1.39. The number of hydrogen-bond acceptors (Lipinski definition) is 1. The van der Waals surface area contributed by atoms with E-state index in [-0.39, 0.29) is 4.90 Å². The molecule has 0 aliphatic rings. The van der Waals surface area contributed by atoms with Crippen LogP contribution >= 0.6 is 0 Å². The Kier molecular flexibility index (Phi) is 2.84. The molecule has 51 heavy (non-hydrogen) atoms. The van der Waals surface area contributed by atoms with Crippen molar-refractivity contribution in [2.24, 2.45) is 0 Å². The Morgan fingerprint density at radius 1 is 0.275 bits per heavy atom. The summed E-state index contributed by atoms with van der Waals surface area (Å²) in [5.74, 6) is 0. The van der Waals surface area contributed by atoms with Gasteiger partial charge in [-0.15, -0.1) is 0 Å². The molecule has 1 heteroatoms. The normalized spacial score (nSPS) is 20.7. The summed E-state index contributed by atoms with van der Waals surface area (Å²) in [5.41, 5.74) is -11.5. The van der Waals surface area contributed by atoms with Crippen LogP contribution in [-0.4, -0.2) is 0 Å². The fourth-order valence-electron chi connectivity index (χ4n) is 5.09. The lowest BCUT2D eigenvalue weighted by molar-refractivity contribution is 1.28. The number of hydrogen-bond donors (Lipinski definition) is 0. The van der Waals surface area contributed by atoms with E-state index in [0.29, 0.717) is 0 Å². The highest BCUT2D eigenvalue weighted by atomic mass is 15.1. The average Bonchev–Trinajstić information content (AvgIpc) is 0.727. The molecule has 0 fully saturated rings. The summed E-state index contributed by atoms with van der Waals surface area (Å²) in [7, 11) is 0. The molecule has 240 valence electrons. The number of rotatable bonds is 7. The van der Waals surface area contributed by atoms with Gasteiger partial charge in [0.25, 0.3) is 0 Å². The number of fused-ring (bicyclic) bond motifs is 3. The van der Waals surface area contributed by atoms with Crippen molar-refractivity contribution < 1.29 is 48.0 Å². The molecule has 0 amide bonds. The highest BCUT2D eigenvalue weighted by Crippen LogP contribution is 2.40. The van der Waals surface area contributed by atoms with E-state index in [4.69, 9.17) is 31.5 Å². The monoisotopic (exact) mass is 684 g/mol. The second-order valence-corrected chi connectivity index (χ2v) is 10.3. The molecule has 0 N–H and O–H groups in total. The minimum absolute atomic E-state index is 0.247. The van der Waals surface area contributed by atoms with E-state index in [0.717, 1.165) is 0 Å². The van der Waals surface area contributed by atoms with E-state index in [1.807, 2.05) is 0 Å². The lowest BCUT2D eigenvalue weighted by Crippen LogP contribution is -2.09. The molecule has 1 nitrogen and oxygen atoms in total. The number of benzene rings is 9. The lowest BCUT2D eigenvalue weighted by Gasteiger charge is -2.26. The van der Waals surface area contributed by atoms with Crippen molar-refractivity contribution in [1.29, 1.82) is 0 Å². The van der Waals surface area contributed by atoms with Gasteiger partial charge in [0.1, 0.15) is 0 Å². The predicted molar refractivity (Wildman–Crippen MR) is 218 cm³/mol. The summed E-state index contributed by atoms with van der Waals surface area (Å²) in [6.45, 7) is 0. The summed E-state index contributed by atoms with van der Waals surface area (Å²) in [5, 5.41) is -2.63. The lowest BCUT2D eigenvalue weighted by atomic mass is 9.91. The van der Waals surface area contributed by atoms with Crippen LogP contribution in [0.15, 0.2) is 211 Å². The van der Waals surface area contributed by atoms with Gasteiger partial charge in [-0.05, 0) is 114 Å². The van der Waals surface area contributed by atoms with Gasteiger partial charge in [0.05, 0.1) is 48.0 Å². The average molecular weight is 685 g/mol. The standard InChI is InChI=1S/C50H35N/c1-4-14-37(15-5-1)46-33-28-40(34-49(46)38-16-6-2-7-17-38)36-24-29-43(30-25-36)51(42-19-8-3-9-20-42)44-31-26-39(27-32-44)50-35-41-18-10-11-21-45(41)47-22-12-13-23-48(47)50/h1-35H/i1D,2D,3D,4D,5D,6D,7D,8D,9D,10D,11D,12D,13D,14D,15D,16D,17D,18D,19D,20D,21D,22D,23D,24D,25D,26D,27D,28D,29D,30D,31D,32D,33D,34D,35D. The fraction of sp³-hybridized carbons (Fsp3) is 0. The van der Waals surface area contributed by atoms with Gasteiger partial charge in [-0.2, -0.15) is 0 Å². The van der Waals surface area contributed by atoms with Gasteiger partial charge in [0.2, 0.25) is 0 Å². The van der Waals surface area contributed by atoms with Gasteiger partial charge in [-0.25, -0.2) is 0 Å². The van der Waals surface area contributed by atoms with Crippen molar-refractivity contribution in [2.45, 2.75) is 0 Å². The third kappa shape index (κ3) is 5.86. The molecule has 0 aliphatic heterocycles. The van der Waals surface area contributed by atoms with Gasteiger partial charge >= 0.3 is 0 Å². The molecule has 0 radical (unpaired) electrons. The maximum Gasteiger partial charge on any atom is 0.0645 e. The molecule has 0 spiro atoms. The predicted octanol–water partition coefficient (Wildman–Crippen LogP) is 14.1. The van der Waals surface area contributed by atoms with Crippen LogP contribution in [0.5, 0.6) is 0 Å². The van der Waals surface area contributed by atoms with Crippen molar-refractivity contribution in [3.8, 4) is 44.5 Å². The summed E-state index contributed by atoms with van der Waals surface area (Å²) in [4.78, 5) is 0.247. The molecule has 0 aromatic heterocycles. The zero-order chi connectivity index (χ0) is 64.4. The van der Waals surface area contributed by atoms with Crippen LogP contribution < -0.4 is 4.90 Å². The summed E-state index contributed by atoms with van der Waals surface area (Å²) < 4.78 is 313. The molecular weight excluding hydrogens is 615 g/mol. The first kappa shape index (κ1) is 10.9. The van der Waals surface area contributed by atoms with Crippen LogP contribution in [-0.2, 0) is 0 Å². The van der Waals surface area contributed by atoms with Crippen LogP contribution in [0.25, 0.3) is 66.1 Å². The topological polar surface area (TPSA) is 3.24 Å². The van der Waals surface area contributed by atoms with Crippen LogP contribution in [0.2, 0.25) is 0 Å². The van der Waals surface area contributed by atoms with E-state index >= 15 is 0 Å². The van der Waals surface area contributed by atoms with Crippen LogP contribution in [0.3, 0.4) is 0 Å². The van der Waals surface area contributed by atoms with E-state index < -0.39 is 295 Å². The van der Waals surface area contributed by atoms with Gasteiger partial charge < -0.3 is 4.90 Å². The molecule has 0 saturated heterocycles. The Hall–Kier alpha value is -6.70. The molecule has 0 unspecified atom stereocenters. The minimum Gasteiger partial charge on any atom is -0.311 e. The highest BCUT2D eigenvalue weighted by Gasteiger charge is 2.15. The third-order valence-electron chi connectivity index (χ3n) is 7.32. The van der Waals surface area contributed by atoms with Crippen molar-refractivity contribution in [2.75, 3.05) is 4.90 Å². The van der Waals surface area contributed by atoms with Crippen molar-refractivity contribution in [3.63, 3.8) is 0 Å². The van der Waals surface area contributed by atoms with Crippen molar-refractivity contribution in [1.82, 2.24) is 0 Å². The Bertz CT molecular complexity index is 4500. The second-order valence-electron chi connectivity index (χ2n) is 10.3. The number of anilines is 3. The molecule has 9 aromatic carbocycles. The second kappa shape index (κ2) is 13.3. The van der Waals surface area contributed by atoms with Crippen LogP contribution in [0, 0.1) is 0 Å². The maximum atomic E-state index is 9.70. The van der Waals surface area contributed by atoms with E-state index in [1.54, 1.807) is 0 Å². The third-order valence-corrected chi connectivity index (χ3v) is 7.32. The number of para-hydroxylation sites is 1. The smallest absolute Gasteiger partial charge is 0.0645 e. The Morgan fingerprint density at radius 2 is 0.725 bits per heavy atom. The van der Waals surface area contributed by atoms with Crippen LogP contribution in [0.1, 0.15) is 48.0 Å². The van der Waals surface area contributed by atoms with E-state index in [1.165, 1.54) is 0 Å². The molecule has 0 saturated carbocycles. The zero-order valence-electron chi connectivity index (χ0n) is 60.4. The quantitative estimate of drug-likeness (QED) is 0.151. The first-order chi connectivity index (χ1) is 39.9.